The third kappa shape index (κ3) is 1.91. The largest absolute Gasteiger partial charge is 0.380 e. The van der Waals surface area contributed by atoms with E-state index in [9.17, 15) is 4.79 Å². The molecule has 1 amide bonds. The molecule has 0 aromatic heterocycles. The average Bonchev–Trinajstić information content (AvgIpc) is 2.75. The monoisotopic (exact) mass is 198 g/mol. The first kappa shape index (κ1) is 9.93. The second-order valence-electron chi connectivity index (χ2n) is 4.51. The summed E-state index contributed by atoms with van der Waals surface area (Å²) in [6.07, 6.45) is 2.00. The minimum atomic E-state index is -0.206. The van der Waals surface area contributed by atoms with Crippen molar-refractivity contribution in [3.8, 4) is 0 Å². The molecule has 0 aliphatic carbocycles. The Hall–Kier alpha value is -0.610. The maximum atomic E-state index is 11.5. The molecule has 2 aliphatic heterocycles. The molecule has 4 heteroatoms. The average molecular weight is 198 g/mol. The summed E-state index contributed by atoms with van der Waals surface area (Å²) in [5.74, 6) is 0.184. The number of rotatable bonds is 3. The molecule has 4 nitrogen and oxygen atoms in total. The van der Waals surface area contributed by atoms with Gasteiger partial charge in [-0.15, -0.1) is 0 Å². The molecule has 2 N–H and O–H groups in total. The lowest BCUT2D eigenvalue weighted by molar-refractivity contribution is -0.126. The van der Waals surface area contributed by atoms with Crippen molar-refractivity contribution >= 4 is 5.91 Å². The van der Waals surface area contributed by atoms with E-state index in [4.69, 9.17) is 4.74 Å². The van der Waals surface area contributed by atoms with Gasteiger partial charge in [-0.1, -0.05) is 0 Å². The first-order valence-electron chi connectivity index (χ1n) is 5.30. The van der Waals surface area contributed by atoms with Crippen LogP contribution < -0.4 is 10.6 Å². The van der Waals surface area contributed by atoms with E-state index in [1.807, 2.05) is 6.92 Å². The van der Waals surface area contributed by atoms with Crippen LogP contribution in [0.2, 0.25) is 0 Å². The lowest BCUT2D eigenvalue weighted by Gasteiger charge is -2.23. The fourth-order valence-corrected chi connectivity index (χ4v) is 2.01. The molecule has 2 unspecified atom stereocenters. The fourth-order valence-electron chi connectivity index (χ4n) is 2.01. The summed E-state index contributed by atoms with van der Waals surface area (Å²) >= 11 is 0. The fraction of sp³-hybridized carbons (Fsp3) is 0.900. The maximum Gasteiger partial charge on any atom is 0.227 e. The second-order valence-corrected chi connectivity index (χ2v) is 4.51. The molecule has 2 atom stereocenters. The lowest BCUT2D eigenvalue weighted by Crippen LogP contribution is -2.42. The molecule has 14 heavy (non-hydrogen) atoms. The van der Waals surface area contributed by atoms with Gasteiger partial charge in [0, 0.05) is 25.7 Å². The molecule has 0 aromatic rings. The third-order valence-corrected chi connectivity index (χ3v) is 3.22. The molecule has 2 aliphatic rings. The summed E-state index contributed by atoms with van der Waals surface area (Å²) in [5.41, 5.74) is -0.206. The van der Waals surface area contributed by atoms with Gasteiger partial charge in [-0.2, -0.15) is 0 Å². The molecule has 0 saturated carbocycles. The number of hydrogen-bond acceptors (Lipinski definition) is 3. The summed E-state index contributed by atoms with van der Waals surface area (Å²) in [7, 11) is 0. The number of carbonyl (C=O) groups excluding carboxylic acids is 1. The van der Waals surface area contributed by atoms with E-state index in [1.54, 1.807) is 0 Å². The van der Waals surface area contributed by atoms with Crippen LogP contribution in [0.5, 0.6) is 0 Å². The Balaban J connectivity index is 1.81. The van der Waals surface area contributed by atoms with Gasteiger partial charge in [0.25, 0.3) is 0 Å². The maximum absolute atomic E-state index is 11.5. The van der Waals surface area contributed by atoms with Crippen LogP contribution in [-0.2, 0) is 9.53 Å². The molecule has 2 rings (SSSR count). The highest BCUT2D eigenvalue weighted by Crippen LogP contribution is 2.25. The van der Waals surface area contributed by atoms with Gasteiger partial charge in [0.2, 0.25) is 5.91 Å². The van der Waals surface area contributed by atoms with Gasteiger partial charge in [0.1, 0.15) is 0 Å². The summed E-state index contributed by atoms with van der Waals surface area (Å²) < 4.78 is 5.27. The second kappa shape index (κ2) is 3.87. The van der Waals surface area contributed by atoms with Crippen LogP contribution >= 0.6 is 0 Å². The van der Waals surface area contributed by atoms with E-state index in [0.717, 1.165) is 39.1 Å². The van der Waals surface area contributed by atoms with Crippen molar-refractivity contribution in [1.82, 2.24) is 10.6 Å². The van der Waals surface area contributed by atoms with E-state index in [2.05, 4.69) is 10.6 Å². The summed E-state index contributed by atoms with van der Waals surface area (Å²) in [5, 5.41) is 6.28. The number of ether oxygens (including phenoxy) is 1. The van der Waals surface area contributed by atoms with Crippen molar-refractivity contribution in [2.75, 3.05) is 26.3 Å². The van der Waals surface area contributed by atoms with Crippen molar-refractivity contribution in [3.05, 3.63) is 0 Å². The highest BCUT2D eigenvalue weighted by Gasteiger charge is 2.37. The van der Waals surface area contributed by atoms with Crippen LogP contribution in [0.15, 0.2) is 0 Å². The first-order chi connectivity index (χ1) is 6.71. The quantitative estimate of drug-likeness (QED) is 0.665. The van der Waals surface area contributed by atoms with Gasteiger partial charge < -0.3 is 15.4 Å². The van der Waals surface area contributed by atoms with Crippen LogP contribution in [0.1, 0.15) is 19.8 Å². The van der Waals surface area contributed by atoms with E-state index in [0.29, 0.717) is 6.04 Å². The van der Waals surface area contributed by atoms with Crippen LogP contribution in [0, 0.1) is 5.41 Å². The lowest BCUT2D eigenvalue weighted by atomic mass is 9.88. The Morgan fingerprint density at radius 3 is 3.14 bits per heavy atom. The van der Waals surface area contributed by atoms with Crippen LogP contribution in [-0.4, -0.2) is 38.3 Å². The van der Waals surface area contributed by atoms with Gasteiger partial charge in [-0.05, 0) is 19.8 Å². The standard InChI is InChI=1S/C10H18N2O2/c1-10(3-4-11-9(10)13)7-12-8-2-5-14-6-8/h8,12H,2-7H2,1H3,(H,11,13). The van der Waals surface area contributed by atoms with Crippen molar-refractivity contribution in [1.29, 1.82) is 0 Å². The Morgan fingerprint density at radius 1 is 1.71 bits per heavy atom. The van der Waals surface area contributed by atoms with E-state index in [1.165, 1.54) is 0 Å². The minimum absolute atomic E-state index is 0.184. The topological polar surface area (TPSA) is 50.4 Å². The molecule has 2 saturated heterocycles. The highest BCUT2D eigenvalue weighted by molar-refractivity contribution is 5.84. The number of amides is 1. The van der Waals surface area contributed by atoms with Gasteiger partial charge >= 0.3 is 0 Å². The van der Waals surface area contributed by atoms with Crippen molar-refractivity contribution in [3.63, 3.8) is 0 Å². The molecule has 80 valence electrons. The molecule has 0 bridgehead atoms. The molecule has 0 aromatic carbocycles. The van der Waals surface area contributed by atoms with Crippen molar-refractivity contribution in [2.24, 2.45) is 5.41 Å². The predicted octanol–water partition coefficient (Wildman–Crippen LogP) is -0.109. The van der Waals surface area contributed by atoms with Crippen molar-refractivity contribution < 1.29 is 9.53 Å². The van der Waals surface area contributed by atoms with Gasteiger partial charge in [0.15, 0.2) is 0 Å². The van der Waals surface area contributed by atoms with Gasteiger partial charge in [-0.3, -0.25) is 4.79 Å². The molecule has 0 spiro atoms. The molecule has 2 fully saturated rings. The minimum Gasteiger partial charge on any atom is -0.380 e. The summed E-state index contributed by atoms with van der Waals surface area (Å²) in [6.45, 7) is 5.25. The Labute approximate surface area is 84.4 Å². The van der Waals surface area contributed by atoms with E-state index >= 15 is 0 Å². The SMILES string of the molecule is CC1(CNC2CCOC2)CCNC1=O. The van der Waals surface area contributed by atoms with E-state index in [-0.39, 0.29) is 11.3 Å². The molecule has 2 heterocycles. The van der Waals surface area contributed by atoms with E-state index < -0.39 is 0 Å². The number of hydrogen-bond donors (Lipinski definition) is 2. The van der Waals surface area contributed by atoms with Gasteiger partial charge in [-0.25, -0.2) is 0 Å². The Morgan fingerprint density at radius 2 is 2.57 bits per heavy atom. The number of nitrogens with one attached hydrogen (secondary N) is 2. The molecule has 0 radical (unpaired) electrons. The first-order valence-corrected chi connectivity index (χ1v) is 5.30. The summed E-state index contributed by atoms with van der Waals surface area (Å²) in [4.78, 5) is 11.5. The zero-order valence-electron chi connectivity index (χ0n) is 8.64. The Kier molecular flexibility index (Phi) is 2.74. The van der Waals surface area contributed by atoms with Gasteiger partial charge in [0.05, 0.1) is 12.0 Å². The Bertz CT molecular complexity index is 226. The number of carbonyl (C=O) groups is 1. The highest BCUT2D eigenvalue weighted by atomic mass is 16.5. The predicted molar refractivity (Wildman–Crippen MR) is 53.0 cm³/mol. The van der Waals surface area contributed by atoms with Crippen LogP contribution in [0.25, 0.3) is 0 Å². The summed E-state index contributed by atoms with van der Waals surface area (Å²) in [6, 6.07) is 0.445. The zero-order chi connectivity index (χ0) is 10.0. The van der Waals surface area contributed by atoms with Crippen LogP contribution in [0.3, 0.4) is 0 Å². The molecular weight excluding hydrogens is 180 g/mol. The third-order valence-electron chi connectivity index (χ3n) is 3.22. The molecular formula is C10H18N2O2. The van der Waals surface area contributed by atoms with Crippen LogP contribution in [0.4, 0.5) is 0 Å². The smallest absolute Gasteiger partial charge is 0.227 e. The normalized spacial score (nSPS) is 37.5. The zero-order valence-corrected chi connectivity index (χ0v) is 8.64. The van der Waals surface area contributed by atoms with Crippen molar-refractivity contribution in [2.45, 2.75) is 25.8 Å².